The molecular weight excluding hydrogens is 270 g/mol. The minimum absolute atomic E-state index is 0.154. The maximum Gasteiger partial charge on any atom is 0.120 e. The van der Waals surface area contributed by atoms with E-state index in [0.29, 0.717) is 6.61 Å². The van der Waals surface area contributed by atoms with Crippen LogP contribution in [0, 0.1) is 5.41 Å². The summed E-state index contributed by atoms with van der Waals surface area (Å²) < 4.78 is 5.88. The van der Waals surface area contributed by atoms with Crippen molar-refractivity contribution >= 4 is 0 Å². The first-order chi connectivity index (χ1) is 10.4. The Labute approximate surface area is 134 Å². The van der Waals surface area contributed by atoms with Crippen molar-refractivity contribution in [2.24, 2.45) is 11.1 Å². The number of hydrogen-bond acceptors (Lipinski definition) is 2. The van der Waals surface area contributed by atoms with Crippen molar-refractivity contribution in [2.45, 2.75) is 46.3 Å². The highest BCUT2D eigenvalue weighted by Crippen LogP contribution is 2.22. The quantitative estimate of drug-likeness (QED) is 0.847. The van der Waals surface area contributed by atoms with Crippen LogP contribution in [0.3, 0.4) is 0 Å². The molecule has 0 saturated heterocycles. The molecule has 2 nitrogen and oxygen atoms in total. The molecule has 2 heteroatoms. The molecule has 0 aliphatic rings. The van der Waals surface area contributed by atoms with Crippen LogP contribution in [-0.4, -0.2) is 6.04 Å². The van der Waals surface area contributed by atoms with E-state index in [-0.39, 0.29) is 11.5 Å². The number of aryl methyl sites for hydroxylation is 1. The number of benzene rings is 2. The number of rotatable bonds is 6. The van der Waals surface area contributed by atoms with Gasteiger partial charge in [0, 0.05) is 6.04 Å². The SMILES string of the molecule is CC(C)(C)C(N)CCc1cccc(OCc2ccccc2)c1. The third-order valence-electron chi connectivity index (χ3n) is 4.00. The van der Waals surface area contributed by atoms with Gasteiger partial charge in [-0.3, -0.25) is 0 Å². The zero-order valence-electron chi connectivity index (χ0n) is 13.9. The Morgan fingerprint density at radius 3 is 2.32 bits per heavy atom. The summed E-state index contributed by atoms with van der Waals surface area (Å²) >= 11 is 0. The second-order valence-corrected chi connectivity index (χ2v) is 6.93. The minimum Gasteiger partial charge on any atom is -0.489 e. The molecule has 22 heavy (non-hydrogen) atoms. The maximum atomic E-state index is 6.24. The molecule has 0 aliphatic heterocycles. The summed E-state index contributed by atoms with van der Waals surface area (Å²) in [6.45, 7) is 7.18. The van der Waals surface area contributed by atoms with Gasteiger partial charge in [-0.15, -0.1) is 0 Å². The molecule has 2 rings (SSSR count). The van der Waals surface area contributed by atoms with E-state index in [1.165, 1.54) is 11.1 Å². The molecule has 118 valence electrons. The fourth-order valence-corrected chi connectivity index (χ4v) is 2.29. The summed E-state index contributed by atoms with van der Waals surface area (Å²) in [5.41, 5.74) is 8.86. The lowest BCUT2D eigenvalue weighted by atomic mass is 9.84. The first kappa shape index (κ1) is 16.6. The number of nitrogens with two attached hydrogens (primary N) is 1. The fourth-order valence-electron chi connectivity index (χ4n) is 2.29. The minimum atomic E-state index is 0.154. The molecular formula is C20H27NO. The first-order valence-corrected chi connectivity index (χ1v) is 7.96. The van der Waals surface area contributed by atoms with Crippen LogP contribution in [0.15, 0.2) is 54.6 Å². The van der Waals surface area contributed by atoms with E-state index in [0.717, 1.165) is 18.6 Å². The second-order valence-electron chi connectivity index (χ2n) is 6.93. The Morgan fingerprint density at radius 2 is 1.64 bits per heavy atom. The molecule has 0 bridgehead atoms. The van der Waals surface area contributed by atoms with E-state index < -0.39 is 0 Å². The van der Waals surface area contributed by atoms with E-state index in [1.54, 1.807) is 0 Å². The van der Waals surface area contributed by atoms with Crippen molar-refractivity contribution < 1.29 is 4.74 Å². The van der Waals surface area contributed by atoms with Crippen LogP contribution in [0.25, 0.3) is 0 Å². The van der Waals surface area contributed by atoms with E-state index in [4.69, 9.17) is 10.5 Å². The Kier molecular flexibility index (Phi) is 5.62. The fraction of sp³-hybridized carbons (Fsp3) is 0.400. The topological polar surface area (TPSA) is 35.2 Å². The van der Waals surface area contributed by atoms with Gasteiger partial charge in [0.25, 0.3) is 0 Å². The lowest BCUT2D eigenvalue weighted by Crippen LogP contribution is -2.35. The molecule has 2 aromatic rings. The van der Waals surface area contributed by atoms with Crippen LogP contribution in [0.1, 0.15) is 38.3 Å². The van der Waals surface area contributed by atoms with Crippen LogP contribution >= 0.6 is 0 Å². The van der Waals surface area contributed by atoms with Crippen molar-refractivity contribution in [1.29, 1.82) is 0 Å². The van der Waals surface area contributed by atoms with Gasteiger partial charge in [0.1, 0.15) is 12.4 Å². The number of ether oxygens (including phenoxy) is 1. The Hall–Kier alpha value is -1.80. The van der Waals surface area contributed by atoms with Gasteiger partial charge >= 0.3 is 0 Å². The average Bonchev–Trinajstić information content (AvgIpc) is 2.51. The first-order valence-electron chi connectivity index (χ1n) is 7.96. The lowest BCUT2D eigenvalue weighted by Gasteiger charge is -2.27. The van der Waals surface area contributed by atoms with E-state index in [2.05, 4.69) is 51.1 Å². The highest BCUT2D eigenvalue weighted by molar-refractivity contribution is 5.29. The number of hydrogen-bond donors (Lipinski definition) is 1. The summed E-state index contributed by atoms with van der Waals surface area (Å²) in [5, 5.41) is 0. The molecule has 0 amide bonds. The summed E-state index contributed by atoms with van der Waals surface area (Å²) in [4.78, 5) is 0. The van der Waals surface area contributed by atoms with Gasteiger partial charge < -0.3 is 10.5 Å². The summed E-state index contributed by atoms with van der Waals surface area (Å²) in [7, 11) is 0. The van der Waals surface area contributed by atoms with Gasteiger partial charge in [0.15, 0.2) is 0 Å². The van der Waals surface area contributed by atoms with Crippen molar-refractivity contribution in [3.63, 3.8) is 0 Å². The molecule has 1 unspecified atom stereocenters. The van der Waals surface area contributed by atoms with Gasteiger partial charge in [-0.25, -0.2) is 0 Å². The molecule has 0 aliphatic carbocycles. The van der Waals surface area contributed by atoms with Crippen molar-refractivity contribution in [3.8, 4) is 5.75 Å². The molecule has 2 N–H and O–H groups in total. The third kappa shape index (κ3) is 5.19. The normalized spacial score (nSPS) is 12.9. The zero-order valence-corrected chi connectivity index (χ0v) is 13.9. The predicted molar refractivity (Wildman–Crippen MR) is 93.0 cm³/mol. The van der Waals surface area contributed by atoms with Crippen LogP contribution in [0.2, 0.25) is 0 Å². The van der Waals surface area contributed by atoms with Gasteiger partial charge in [-0.05, 0) is 41.5 Å². The second kappa shape index (κ2) is 7.46. The van der Waals surface area contributed by atoms with Crippen LogP contribution < -0.4 is 10.5 Å². The smallest absolute Gasteiger partial charge is 0.120 e. The molecule has 0 heterocycles. The highest BCUT2D eigenvalue weighted by Gasteiger charge is 2.19. The lowest BCUT2D eigenvalue weighted by molar-refractivity contribution is 0.302. The highest BCUT2D eigenvalue weighted by atomic mass is 16.5. The molecule has 1 atom stereocenters. The van der Waals surface area contributed by atoms with Crippen molar-refractivity contribution in [3.05, 3.63) is 65.7 Å². The van der Waals surface area contributed by atoms with E-state index in [1.807, 2.05) is 24.3 Å². The monoisotopic (exact) mass is 297 g/mol. The van der Waals surface area contributed by atoms with Gasteiger partial charge in [0.2, 0.25) is 0 Å². The third-order valence-corrected chi connectivity index (χ3v) is 4.00. The van der Waals surface area contributed by atoms with Crippen molar-refractivity contribution in [1.82, 2.24) is 0 Å². The molecule has 0 radical (unpaired) electrons. The molecule has 0 spiro atoms. The van der Waals surface area contributed by atoms with Crippen LogP contribution in [0.4, 0.5) is 0 Å². The standard InChI is InChI=1S/C20H27NO/c1-20(2,3)19(21)13-12-16-10-7-11-18(14-16)22-15-17-8-5-4-6-9-17/h4-11,14,19H,12-13,15,21H2,1-3H3. The summed E-state index contributed by atoms with van der Waals surface area (Å²) in [5.74, 6) is 0.922. The van der Waals surface area contributed by atoms with Gasteiger partial charge in [0.05, 0.1) is 0 Å². The molecule has 0 aromatic heterocycles. The van der Waals surface area contributed by atoms with Gasteiger partial charge in [-0.1, -0.05) is 63.2 Å². The average molecular weight is 297 g/mol. The Balaban J connectivity index is 1.90. The predicted octanol–water partition coefficient (Wildman–Crippen LogP) is 4.57. The molecule has 0 fully saturated rings. The largest absolute Gasteiger partial charge is 0.489 e. The molecule has 0 saturated carbocycles. The summed E-state index contributed by atoms with van der Waals surface area (Å²) in [6.07, 6.45) is 1.98. The van der Waals surface area contributed by atoms with Crippen molar-refractivity contribution in [2.75, 3.05) is 0 Å². The van der Waals surface area contributed by atoms with E-state index >= 15 is 0 Å². The van der Waals surface area contributed by atoms with Crippen LogP contribution in [0.5, 0.6) is 5.75 Å². The summed E-state index contributed by atoms with van der Waals surface area (Å²) in [6, 6.07) is 18.8. The van der Waals surface area contributed by atoms with E-state index in [9.17, 15) is 0 Å². The van der Waals surface area contributed by atoms with Crippen LogP contribution in [-0.2, 0) is 13.0 Å². The molecule has 2 aromatic carbocycles. The van der Waals surface area contributed by atoms with Gasteiger partial charge in [-0.2, -0.15) is 0 Å². The zero-order chi connectivity index (χ0) is 16.0. The Bertz CT molecular complexity index is 572. The Morgan fingerprint density at radius 1 is 0.955 bits per heavy atom. The maximum absolute atomic E-state index is 6.24.